The second-order valence-electron chi connectivity index (χ2n) is 6.30. The first-order valence-corrected chi connectivity index (χ1v) is 11.1. The first-order valence-electron chi connectivity index (χ1n) is 8.44. The Labute approximate surface area is 165 Å². The summed E-state index contributed by atoms with van der Waals surface area (Å²) in [4.78, 5) is 17.7. The molecule has 1 aliphatic heterocycles. The van der Waals surface area contributed by atoms with Gasteiger partial charge < -0.3 is 5.32 Å². The highest BCUT2D eigenvalue weighted by atomic mass is 35.5. The summed E-state index contributed by atoms with van der Waals surface area (Å²) in [5.74, 6) is -0.307. The number of imidazole rings is 1. The molecule has 0 saturated carbocycles. The van der Waals surface area contributed by atoms with E-state index in [1.165, 1.54) is 33.8 Å². The maximum absolute atomic E-state index is 12.7. The fourth-order valence-electron chi connectivity index (χ4n) is 3.06. The predicted molar refractivity (Wildman–Crippen MR) is 105 cm³/mol. The van der Waals surface area contributed by atoms with Crippen molar-refractivity contribution in [2.45, 2.75) is 24.2 Å². The minimum Gasteiger partial charge on any atom is -0.324 e. The first kappa shape index (κ1) is 18.4. The number of fused-ring (bicyclic) bond motifs is 1. The normalized spacial score (nSPS) is 15.4. The van der Waals surface area contributed by atoms with Crippen LogP contribution >= 0.6 is 22.9 Å². The molecule has 4 rings (SSSR count). The van der Waals surface area contributed by atoms with Gasteiger partial charge in [0.05, 0.1) is 27.7 Å². The van der Waals surface area contributed by atoms with E-state index < -0.39 is 10.0 Å². The molecule has 2 aromatic heterocycles. The molecule has 1 amide bonds. The summed E-state index contributed by atoms with van der Waals surface area (Å²) in [6.45, 7) is 1.04. The van der Waals surface area contributed by atoms with Gasteiger partial charge in [0.1, 0.15) is 0 Å². The summed E-state index contributed by atoms with van der Waals surface area (Å²) < 4.78 is 28.7. The topological polar surface area (TPSA) is 83.8 Å². The number of carbonyl (C=O) groups is 1. The molecule has 0 unspecified atom stereocenters. The highest BCUT2D eigenvalue weighted by Crippen LogP contribution is 2.28. The number of anilines is 1. The van der Waals surface area contributed by atoms with Crippen LogP contribution in [0.4, 0.5) is 5.69 Å². The van der Waals surface area contributed by atoms with E-state index in [1.54, 1.807) is 6.20 Å². The largest absolute Gasteiger partial charge is 0.324 e. The fourth-order valence-corrected chi connectivity index (χ4v) is 5.49. The molecular weight excluding hydrogens is 408 g/mol. The molecule has 1 aliphatic rings. The molecule has 0 atom stereocenters. The Morgan fingerprint density at radius 2 is 2.07 bits per heavy atom. The molecule has 1 aromatic carbocycles. The average Bonchev–Trinajstić information content (AvgIpc) is 3.33. The number of hydrogen-bond donors (Lipinski definition) is 1. The number of carbonyl (C=O) groups excluding carboxylic acids is 1. The summed E-state index contributed by atoms with van der Waals surface area (Å²) in [5.41, 5.74) is 0.916. The van der Waals surface area contributed by atoms with Gasteiger partial charge in [-0.1, -0.05) is 11.6 Å². The zero-order valence-corrected chi connectivity index (χ0v) is 16.6. The van der Waals surface area contributed by atoms with Crippen molar-refractivity contribution < 1.29 is 13.2 Å². The van der Waals surface area contributed by atoms with E-state index >= 15 is 0 Å². The number of amides is 1. The van der Waals surface area contributed by atoms with Gasteiger partial charge in [-0.15, -0.1) is 11.3 Å². The van der Waals surface area contributed by atoms with Crippen LogP contribution in [0.25, 0.3) is 4.96 Å². The van der Waals surface area contributed by atoms with Crippen molar-refractivity contribution >= 4 is 49.5 Å². The smallest absolute Gasteiger partial charge is 0.243 e. The van der Waals surface area contributed by atoms with Gasteiger partial charge >= 0.3 is 0 Å². The molecule has 1 N–H and O–H groups in total. The number of benzene rings is 1. The Morgan fingerprint density at radius 3 is 2.81 bits per heavy atom. The maximum Gasteiger partial charge on any atom is 0.243 e. The van der Waals surface area contributed by atoms with Crippen LogP contribution in [0.5, 0.6) is 0 Å². The standard InChI is InChI=1S/C17H17ClN4O3S2/c18-14-4-3-13(27(24,25)22-5-1-2-6-22)10-15(14)20-16(23)9-12-11-21-7-8-26-17(21)19-12/h3-4,7-8,10-11H,1-2,5-6,9H2,(H,20,23). The van der Waals surface area contributed by atoms with Crippen molar-refractivity contribution in [2.24, 2.45) is 0 Å². The van der Waals surface area contributed by atoms with Gasteiger partial charge in [-0.3, -0.25) is 9.20 Å². The van der Waals surface area contributed by atoms with E-state index in [0.717, 1.165) is 17.8 Å². The molecule has 3 heterocycles. The lowest BCUT2D eigenvalue weighted by molar-refractivity contribution is -0.115. The van der Waals surface area contributed by atoms with E-state index in [4.69, 9.17) is 11.6 Å². The van der Waals surface area contributed by atoms with Gasteiger partial charge in [-0.2, -0.15) is 4.31 Å². The van der Waals surface area contributed by atoms with Crippen molar-refractivity contribution in [3.05, 3.63) is 46.7 Å². The first-order chi connectivity index (χ1) is 12.9. The van der Waals surface area contributed by atoms with Crippen LogP contribution in [0.1, 0.15) is 18.5 Å². The van der Waals surface area contributed by atoms with Gasteiger partial charge in [0.25, 0.3) is 0 Å². The van der Waals surface area contributed by atoms with Crippen molar-refractivity contribution in [1.29, 1.82) is 0 Å². The molecule has 10 heteroatoms. The second-order valence-corrected chi connectivity index (χ2v) is 9.52. The Bertz CT molecular complexity index is 1070. The highest BCUT2D eigenvalue weighted by molar-refractivity contribution is 7.89. The molecule has 1 saturated heterocycles. The molecule has 3 aromatic rings. The number of hydrogen-bond acceptors (Lipinski definition) is 5. The van der Waals surface area contributed by atoms with Crippen LogP contribution in [0, 0.1) is 0 Å². The molecule has 27 heavy (non-hydrogen) atoms. The average molecular weight is 425 g/mol. The van der Waals surface area contributed by atoms with Crippen molar-refractivity contribution in [3.8, 4) is 0 Å². The summed E-state index contributed by atoms with van der Waals surface area (Å²) in [5, 5.41) is 4.90. The third-order valence-electron chi connectivity index (χ3n) is 4.40. The number of halogens is 1. The van der Waals surface area contributed by atoms with Crippen LogP contribution in [-0.2, 0) is 21.2 Å². The second kappa shape index (κ2) is 7.23. The minimum absolute atomic E-state index is 0.0772. The van der Waals surface area contributed by atoms with Crippen LogP contribution in [-0.4, -0.2) is 41.1 Å². The number of aromatic nitrogens is 2. The summed E-state index contributed by atoms with van der Waals surface area (Å²) in [6, 6.07) is 4.38. The van der Waals surface area contributed by atoms with Crippen molar-refractivity contribution in [2.75, 3.05) is 18.4 Å². The lowest BCUT2D eigenvalue weighted by atomic mass is 10.2. The van der Waals surface area contributed by atoms with Crippen molar-refractivity contribution in [1.82, 2.24) is 13.7 Å². The molecule has 1 fully saturated rings. The van der Waals surface area contributed by atoms with E-state index in [1.807, 2.05) is 16.0 Å². The SMILES string of the molecule is O=C(Cc1cn2ccsc2n1)Nc1cc(S(=O)(=O)N2CCCC2)ccc1Cl. The van der Waals surface area contributed by atoms with E-state index in [-0.39, 0.29) is 27.9 Å². The van der Waals surface area contributed by atoms with Crippen LogP contribution in [0.3, 0.4) is 0 Å². The third-order valence-corrected chi connectivity index (χ3v) is 7.39. The van der Waals surface area contributed by atoms with Crippen molar-refractivity contribution in [3.63, 3.8) is 0 Å². The van der Waals surface area contributed by atoms with Gasteiger partial charge in [0, 0.05) is 30.9 Å². The lowest BCUT2D eigenvalue weighted by Gasteiger charge is -2.16. The number of rotatable bonds is 5. The summed E-state index contributed by atoms with van der Waals surface area (Å²) in [6.07, 6.45) is 5.46. The zero-order chi connectivity index (χ0) is 19.0. The zero-order valence-electron chi connectivity index (χ0n) is 14.3. The number of sulfonamides is 1. The Balaban J connectivity index is 1.52. The molecule has 0 bridgehead atoms. The predicted octanol–water partition coefficient (Wildman–Crippen LogP) is 3.01. The quantitative estimate of drug-likeness (QED) is 0.682. The summed E-state index contributed by atoms with van der Waals surface area (Å²) >= 11 is 7.64. The van der Waals surface area contributed by atoms with Gasteiger partial charge in [0.15, 0.2) is 4.96 Å². The fraction of sp³-hybridized carbons (Fsp3) is 0.294. The molecular formula is C17H17ClN4O3S2. The maximum atomic E-state index is 12.7. The van der Waals surface area contributed by atoms with Crippen LogP contribution in [0.2, 0.25) is 5.02 Å². The third kappa shape index (κ3) is 3.73. The van der Waals surface area contributed by atoms with E-state index in [0.29, 0.717) is 18.8 Å². The summed E-state index contributed by atoms with van der Waals surface area (Å²) in [7, 11) is -3.57. The van der Waals surface area contributed by atoms with Gasteiger partial charge in [-0.25, -0.2) is 13.4 Å². The van der Waals surface area contributed by atoms with Crippen LogP contribution in [0.15, 0.2) is 40.9 Å². The lowest BCUT2D eigenvalue weighted by Crippen LogP contribution is -2.28. The minimum atomic E-state index is -3.57. The van der Waals surface area contributed by atoms with Gasteiger partial charge in [-0.05, 0) is 31.0 Å². The monoisotopic (exact) mass is 424 g/mol. The highest BCUT2D eigenvalue weighted by Gasteiger charge is 2.27. The molecule has 142 valence electrons. The number of nitrogens with one attached hydrogen (secondary N) is 1. The molecule has 0 spiro atoms. The van der Waals surface area contributed by atoms with E-state index in [9.17, 15) is 13.2 Å². The van der Waals surface area contributed by atoms with Gasteiger partial charge in [0.2, 0.25) is 15.9 Å². The van der Waals surface area contributed by atoms with Crippen LogP contribution < -0.4 is 5.32 Å². The Morgan fingerprint density at radius 1 is 1.30 bits per heavy atom. The molecule has 0 aliphatic carbocycles. The molecule has 7 nitrogen and oxygen atoms in total. The Hall–Kier alpha value is -1.94. The number of thiazole rings is 1. The van der Waals surface area contributed by atoms with E-state index in [2.05, 4.69) is 10.3 Å². The number of nitrogens with zero attached hydrogens (tertiary/aromatic N) is 3. The molecule has 0 radical (unpaired) electrons. The Kier molecular flexibility index (Phi) is 4.94.